The molecule has 0 bridgehead atoms. The van der Waals surface area contributed by atoms with E-state index in [0.717, 1.165) is 28.8 Å². The van der Waals surface area contributed by atoms with E-state index in [4.69, 9.17) is 5.73 Å². The zero-order valence-electron chi connectivity index (χ0n) is 9.52. The van der Waals surface area contributed by atoms with E-state index in [-0.39, 0.29) is 0 Å². The van der Waals surface area contributed by atoms with E-state index in [1.54, 1.807) is 0 Å². The zero-order valence-corrected chi connectivity index (χ0v) is 11.1. The van der Waals surface area contributed by atoms with E-state index in [1.165, 1.54) is 5.69 Å². The van der Waals surface area contributed by atoms with Crippen LogP contribution in [0, 0.1) is 0 Å². The summed E-state index contributed by atoms with van der Waals surface area (Å²) in [6, 6.07) is 8.10. The Kier molecular flexibility index (Phi) is 2.45. The van der Waals surface area contributed by atoms with Crippen LogP contribution in [0.4, 0.5) is 5.82 Å². The Morgan fingerprint density at radius 3 is 2.65 bits per heavy atom. The lowest BCUT2D eigenvalue weighted by molar-refractivity contribution is 0.346. The van der Waals surface area contributed by atoms with E-state index in [1.807, 2.05) is 28.9 Å². The first-order chi connectivity index (χ1) is 8.15. The second kappa shape index (κ2) is 3.85. The van der Waals surface area contributed by atoms with Gasteiger partial charge in [0, 0.05) is 23.1 Å². The molecule has 1 aliphatic heterocycles. The monoisotopic (exact) mass is 292 g/mol. The topological polar surface area (TPSA) is 47.1 Å². The molecule has 0 unspecified atom stereocenters. The Morgan fingerprint density at radius 2 is 1.94 bits per heavy atom. The molecule has 0 radical (unpaired) electrons. The predicted octanol–water partition coefficient (Wildman–Crippen LogP) is 2.16. The van der Waals surface area contributed by atoms with E-state index >= 15 is 0 Å². The van der Waals surface area contributed by atoms with Gasteiger partial charge in [-0.05, 0) is 31.3 Å². The number of nitrogen functional groups attached to an aromatic ring is 1. The maximum Gasteiger partial charge on any atom is 0.150 e. The van der Waals surface area contributed by atoms with Crippen LogP contribution in [0.15, 0.2) is 28.7 Å². The number of rotatable bonds is 1. The molecule has 0 saturated carbocycles. The molecule has 4 nitrogen and oxygen atoms in total. The quantitative estimate of drug-likeness (QED) is 0.876. The van der Waals surface area contributed by atoms with Crippen LogP contribution in [0.2, 0.25) is 0 Å². The Bertz CT molecular complexity index is 559. The molecule has 2 N–H and O–H groups in total. The first-order valence-electron chi connectivity index (χ1n) is 5.46. The van der Waals surface area contributed by atoms with E-state index in [2.05, 4.69) is 33.0 Å². The molecule has 0 saturated heterocycles. The minimum absolute atomic E-state index is 0.646. The van der Waals surface area contributed by atoms with Crippen LogP contribution < -0.4 is 5.73 Å². The summed E-state index contributed by atoms with van der Waals surface area (Å²) < 4.78 is 3.01. The molecule has 0 fully saturated rings. The number of halogens is 1. The molecule has 0 aliphatic carbocycles. The third kappa shape index (κ3) is 1.75. The average molecular weight is 293 g/mol. The van der Waals surface area contributed by atoms with Gasteiger partial charge in [0.15, 0.2) is 5.82 Å². The molecule has 3 rings (SSSR count). The first-order valence-corrected chi connectivity index (χ1v) is 6.25. The maximum atomic E-state index is 5.95. The van der Waals surface area contributed by atoms with Crippen molar-refractivity contribution >= 4 is 21.7 Å². The Labute approximate surface area is 108 Å². The van der Waals surface area contributed by atoms with E-state index < -0.39 is 0 Å². The van der Waals surface area contributed by atoms with E-state index in [9.17, 15) is 0 Å². The smallest absolute Gasteiger partial charge is 0.150 e. The molecule has 17 heavy (non-hydrogen) atoms. The van der Waals surface area contributed by atoms with Crippen molar-refractivity contribution in [1.82, 2.24) is 14.7 Å². The van der Waals surface area contributed by atoms with Crippen molar-refractivity contribution in [2.75, 3.05) is 12.8 Å². The molecular formula is C12H13BrN4. The molecule has 2 heterocycles. The molecule has 5 heteroatoms. The lowest BCUT2D eigenvalue weighted by atomic mass is 10.2. The third-order valence-corrected chi connectivity index (χ3v) is 3.57. The number of nitrogens with two attached hydrogens (primary N) is 1. The van der Waals surface area contributed by atoms with Crippen LogP contribution in [-0.2, 0) is 13.1 Å². The molecule has 1 aromatic heterocycles. The van der Waals surface area contributed by atoms with Gasteiger partial charge in [-0.1, -0.05) is 15.9 Å². The third-order valence-electron chi connectivity index (χ3n) is 3.04. The van der Waals surface area contributed by atoms with Crippen molar-refractivity contribution in [3.05, 3.63) is 40.0 Å². The van der Waals surface area contributed by atoms with Crippen LogP contribution in [0.5, 0.6) is 0 Å². The van der Waals surface area contributed by atoms with Crippen LogP contribution in [0.1, 0.15) is 11.3 Å². The van der Waals surface area contributed by atoms with Crippen LogP contribution >= 0.6 is 15.9 Å². The number of fused-ring (bicyclic) bond motifs is 1. The highest BCUT2D eigenvalue weighted by Gasteiger charge is 2.24. The largest absolute Gasteiger partial charge is 0.382 e. The van der Waals surface area contributed by atoms with Gasteiger partial charge >= 0.3 is 0 Å². The van der Waals surface area contributed by atoms with Gasteiger partial charge in [-0.3, -0.25) is 4.90 Å². The van der Waals surface area contributed by atoms with Gasteiger partial charge in [0.05, 0.1) is 11.4 Å². The number of hydrogen-bond donors (Lipinski definition) is 1. The van der Waals surface area contributed by atoms with Gasteiger partial charge in [-0.15, -0.1) is 0 Å². The Balaban J connectivity index is 2.10. The summed E-state index contributed by atoms with van der Waals surface area (Å²) in [4.78, 5) is 2.23. The van der Waals surface area contributed by atoms with Gasteiger partial charge in [0.25, 0.3) is 0 Å². The van der Waals surface area contributed by atoms with Gasteiger partial charge in [0.2, 0.25) is 0 Å². The van der Waals surface area contributed by atoms with Crippen LogP contribution in [-0.4, -0.2) is 21.7 Å². The van der Waals surface area contributed by atoms with Crippen LogP contribution in [0.25, 0.3) is 5.69 Å². The molecule has 0 atom stereocenters. The predicted molar refractivity (Wildman–Crippen MR) is 70.8 cm³/mol. The second-order valence-electron chi connectivity index (χ2n) is 4.37. The van der Waals surface area contributed by atoms with Gasteiger partial charge in [0.1, 0.15) is 0 Å². The first kappa shape index (κ1) is 10.8. The number of hydrogen-bond acceptors (Lipinski definition) is 3. The molecule has 2 aromatic rings. The van der Waals surface area contributed by atoms with E-state index in [0.29, 0.717) is 5.82 Å². The number of aromatic nitrogens is 2. The Morgan fingerprint density at radius 1 is 1.24 bits per heavy atom. The number of nitrogens with zero attached hydrogens (tertiary/aromatic N) is 3. The summed E-state index contributed by atoms with van der Waals surface area (Å²) in [6.45, 7) is 1.79. The SMILES string of the molecule is CN1Cc2c(N)nn(-c3ccc(Br)cc3)c2C1. The van der Waals surface area contributed by atoms with Gasteiger partial charge in [-0.25, -0.2) is 4.68 Å². The summed E-state index contributed by atoms with van der Waals surface area (Å²) >= 11 is 3.43. The van der Waals surface area contributed by atoms with Gasteiger partial charge in [-0.2, -0.15) is 5.10 Å². The lowest BCUT2D eigenvalue weighted by Gasteiger charge is -2.09. The zero-order chi connectivity index (χ0) is 12.0. The summed E-state index contributed by atoms with van der Waals surface area (Å²) in [5.74, 6) is 0.646. The summed E-state index contributed by atoms with van der Waals surface area (Å²) in [6.07, 6.45) is 0. The van der Waals surface area contributed by atoms with Crippen molar-refractivity contribution in [2.24, 2.45) is 0 Å². The normalized spacial score (nSPS) is 15.2. The molecule has 0 spiro atoms. The molecule has 88 valence electrons. The standard InChI is InChI=1S/C12H13BrN4/c1-16-6-10-11(7-16)17(15-12(10)14)9-4-2-8(13)3-5-9/h2-5H,6-7H2,1H3,(H2,14,15). The van der Waals surface area contributed by atoms with Crippen molar-refractivity contribution < 1.29 is 0 Å². The summed E-state index contributed by atoms with van der Waals surface area (Å²) in [5, 5.41) is 4.42. The minimum Gasteiger partial charge on any atom is -0.382 e. The van der Waals surface area contributed by atoms with Crippen molar-refractivity contribution in [3.63, 3.8) is 0 Å². The highest BCUT2D eigenvalue weighted by molar-refractivity contribution is 9.10. The highest BCUT2D eigenvalue weighted by atomic mass is 79.9. The van der Waals surface area contributed by atoms with Gasteiger partial charge < -0.3 is 5.73 Å². The fourth-order valence-corrected chi connectivity index (χ4v) is 2.48. The number of benzene rings is 1. The maximum absolute atomic E-state index is 5.95. The summed E-state index contributed by atoms with van der Waals surface area (Å²) in [7, 11) is 2.09. The average Bonchev–Trinajstić information content (AvgIpc) is 2.80. The molecular weight excluding hydrogens is 280 g/mol. The van der Waals surface area contributed by atoms with Crippen molar-refractivity contribution in [1.29, 1.82) is 0 Å². The fraction of sp³-hybridized carbons (Fsp3) is 0.250. The fourth-order valence-electron chi connectivity index (χ4n) is 2.22. The highest BCUT2D eigenvalue weighted by Crippen LogP contribution is 2.28. The molecule has 1 aliphatic rings. The second-order valence-corrected chi connectivity index (χ2v) is 5.29. The van der Waals surface area contributed by atoms with Crippen molar-refractivity contribution in [2.45, 2.75) is 13.1 Å². The molecule has 1 aromatic carbocycles. The lowest BCUT2D eigenvalue weighted by Crippen LogP contribution is -2.12. The number of anilines is 1. The summed E-state index contributed by atoms with van der Waals surface area (Å²) in [5.41, 5.74) is 9.37. The van der Waals surface area contributed by atoms with Crippen molar-refractivity contribution in [3.8, 4) is 5.69 Å². The van der Waals surface area contributed by atoms with Crippen LogP contribution in [0.3, 0.4) is 0 Å². The Hall–Kier alpha value is -1.33. The minimum atomic E-state index is 0.646. The molecule has 0 amide bonds.